The molecule has 24 heavy (non-hydrogen) atoms. The number of aromatic nitrogens is 1. The van der Waals surface area contributed by atoms with Gasteiger partial charge >= 0.3 is 11.9 Å². The number of esters is 1. The van der Waals surface area contributed by atoms with Gasteiger partial charge in [0.15, 0.2) is 11.7 Å². The van der Waals surface area contributed by atoms with E-state index in [1.54, 1.807) is 13.8 Å². The summed E-state index contributed by atoms with van der Waals surface area (Å²) < 4.78 is 9.25. The molecule has 0 saturated heterocycles. The highest BCUT2D eigenvalue weighted by molar-refractivity contribution is 7.81. The molecule has 0 spiro atoms. The van der Waals surface area contributed by atoms with Gasteiger partial charge in [0.1, 0.15) is 0 Å². The second kappa shape index (κ2) is 7.53. The van der Waals surface area contributed by atoms with Crippen LogP contribution in [0.15, 0.2) is 39.7 Å². The first kappa shape index (κ1) is 18.1. The fraction of sp³-hybridized carbons (Fsp3) is 0.353. The van der Waals surface area contributed by atoms with Crippen molar-refractivity contribution in [2.24, 2.45) is 4.99 Å². The van der Waals surface area contributed by atoms with Crippen molar-refractivity contribution in [2.75, 3.05) is 7.11 Å². The lowest BCUT2D eigenvalue weighted by Crippen LogP contribution is -2.37. The van der Waals surface area contributed by atoms with Crippen molar-refractivity contribution in [3.63, 3.8) is 0 Å². The van der Waals surface area contributed by atoms with E-state index in [1.807, 2.05) is 30.3 Å². The number of thiol groups is 1. The van der Waals surface area contributed by atoms with Gasteiger partial charge < -0.3 is 14.3 Å². The fourth-order valence-corrected chi connectivity index (χ4v) is 2.26. The van der Waals surface area contributed by atoms with Crippen molar-refractivity contribution < 1.29 is 19.1 Å². The molecule has 0 fully saturated rings. The molecule has 6 nitrogen and oxygen atoms in total. The van der Waals surface area contributed by atoms with Crippen molar-refractivity contribution >= 4 is 24.8 Å². The van der Waals surface area contributed by atoms with Crippen LogP contribution in [-0.2, 0) is 16.0 Å². The maximum atomic E-state index is 11.8. The molecule has 1 aromatic carbocycles. The highest BCUT2D eigenvalue weighted by Gasteiger charge is 2.32. The minimum absolute atomic E-state index is 0.160. The Kier molecular flexibility index (Phi) is 5.66. The Morgan fingerprint density at radius 2 is 2.12 bits per heavy atom. The number of methoxy groups -OCH3 is 1. The predicted molar refractivity (Wildman–Crippen MR) is 93.9 cm³/mol. The number of oxazole rings is 1. The highest BCUT2D eigenvalue weighted by Crippen LogP contribution is 2.23. The maximum absolute atomic E-state index is 11.8. The van der Waals surface area contributed by atoms with Crippen molar-refractivity contribution in [1.82, 2.24) is 4.98 Å². The van der Waals surface area contributed by atoms with Crippen LogP contribution in [0.3, 0.4) is 0 Å². The maximum Gasteiger partial charge on any atom is 0.332 e. The Morgan fingerprint density at radius 3 is 2.71 bits per heavy atom. The number of hydrogen-bond acceptors (Lipinski definition) is 7. The zero-order valence-corrected chi connectivity index (χ0v) is 14.7. The van der Waals surface area contributed by atoms with Gasteiger partial charge in [0.25, 0.3) is 0 Å². The fourth-order valence-electron chi connectivity index (χ4n) is 2.09. The minimum atomic E-state index is -0.834. The summed E-state index contributed by atoms with van der Waals surface area (Å²) in [5, 5.41) is 9.87. The molecule has 7 heteroatoms. The molecule has 0 aliphatic heterocycles. The van der Waals surface area contributed by atoms with Gasteiger partial charge in [-0.2, -0.15) is 12.6 Å². The second-order valence-corrected chi connectivity index (χ2v) is 6.97. The molecule has 0 aliphatic rings. The zero-order valence-electron chi connectivity index (χ0n) is 13.8. The third-order valence-electron chi connectivity index (χ3n) is 3.32. The minimum Gasteiger partial charge on any atom is -0.479 e. The average molecular weight is 348 g/mol. The molecule has 0 saturated carbocycles. The van der Waals surface area contributed by atoms with Crippen LogP contribution in [-0.4, -0.2) is 40.2 Å². The van der Waals surface area contributed by atoms with E-state index >= 15 is 0 Å². The molecule has 128 valence electrons. The van der Waals surface area contributed by atoms with E-state index in [0.717, 1.165) is 5.56 Å². The summed E-state index contributed by atoms with van der Waals surface area (Å²) in [7, 11) is 1.29. The van der Waals surface area contributed by atoms with Crippen molar-refractivity contribution in [1.29, 1.82) is 0 Å². The van der Waals surface area contributed by atoms with Crippen LogP contribution in [0.2, 0.25) is 0 Å². The summed E-state index contributed by atoms with van der Waals surface area (Å²) in [6.45, 7) is 3.50. The zero-order chi connectivity index (χ0) is 17.7. The Morgan fingerprint density at radius 1 is 1.46 bits per heavy atom. The molecule has 0 aliphatic carbocycles. The summed E-state index contributed by atoms with van der Waals surface area (Å²) in [4.78, 5) is 20.2. The first-order chi connectivity index (χ1) is 11.3. The van der Waals surface area contributed by atoms with Gasteiger partial charge in [-0.05, 0) is 19.4 Å². The van der Waals surface area contributed by atoms with Gasteiger partial charge in [-0.1, -0.05) is 30.3 Å². The Labute approximate surface area is 146 Å². The van der Waals surface area contributed by atoms with E-state index in [4.69, 9.17) is 9.15 Å². The van der Waals surface area contributed by atoms with Gasteiger partial charge in [-0.3, -0.25) is 4.99 Å². The van der Waals surface area contributed by atoms with Gasteiger partial charge in [0.05, 0.1) is 13.3 Å². The van der Waals surface area contributed by atoms with Crippen LogP contribution in [0, 0.1) is 0 Å². The normalized spacial score (nSPS) is 13.2. The lowest BCUT2D eigenvalue weighted by molar-refractivity contribution is -0.142. The number of benzene rings is 1. The van der Waals surface area contributed by atoms with E-state index in [1.165, 1.54) is 13.3 Å². The van der Waals surface area contributed by atoms with Gasteiger partial charge in [0, 0.05) is 11.2 Å². The van der Waals surface area contributed by atoms with Gasteiger partial charge in [0.2, 0.25) is 5.89 Å². The summed E-state index contributed by atoms with van der Waals surface area (Å²) >= 11 is 4.37. The van der Waals surface area contributed by atoms with Crippen molar-refractivity contribution in [3.05, 3.63) is 47.5 Å². The number of hydrogen-bond donors (Lipinski definition) is 2. The Balaban J connectivity index is 2.18. The Bertz CT molecular complexity index is 720. The van der Waals surface area contributed by atoms with Gasteiger partial charge in [-0.15, -0.1) is 0 Å². The first-order valence-corrected chi connectivity index (χ1v) is 7.82. The predicted octanol–water partition coefficient (Wildman–Crippen LogP) is 2.64. The quantitative estimate of drug-likeness (QED) is 0.476. The summed E-state index contributed by atoms with van der Waals surface area (Å²) in [5.41, 5.74) is 1.17. The van der Waals surface area contributed by atoms with E-state index in [2.05, 4.69) is 22.6 Å². The van der Waals surface area contributed by atoms with Crippen LogP contribution in [0.5, 0.6) is 5.95 Å². The molecule has 0 radical (unpaired) electrons. The van der Waals surface area contributed by atoms with Crippen LogP contribution in [0.4, 0.5) is 0 Å². The molecule has 1 unspecified atom stereocenters. The SMILES string of the molecule is COC(=O)C(N=Cc1nc(Cc2ccccc2)oc1O)C(C)(C)S. The standard InChI is InChI=1S/C17H20N2O4S/c1-17(2,24)14(16(21)22-3)18-10-12-15(20)23-13(19-12)9-11-7-5-4-6-8-11/h4-8,10,14,20,24H,9H2,1-3H3. The highest BCUT2D eigenvalue weighted by atomic mass is 32.1. The molecule has 1 atom stereocenters. The average Bonchev–Trinajstić information content (AvgIpc) is 2.86. The van der Waals surface area contributed by atoms with Crippen LogP contribution in [0.1, 0.15) is 31.0 Å². The smallest absolute Gasteiger partial charge is 0.332 e. The van der Waals surface area contributed by atoms with Gasteiger partial charge in [-0.25, -0.2) is 9.78 Å². The number of nitrogens with zero attached hydrogens (tertiary/aromatic N) is 2. The molecule has 1 aromatic heterocycles. The van der Waals surface area contributed by atoms with Crippen LogP contribution >= 0.6 is 12.6 Å². The number of carbonyl (C=O) groups excluding carboxylic acids is 1. The number of aromatic hydroxyl groups is 1. The van der Waals surface area contributed by atoms with E-state index < -0.39 is 16.8 Å². The Hall–Kier alpha value is -2.28. The van der Waals surface area contributed by atoms with Crippen LogP contribution in [0.25, 0.3) is 0 Å². The molecular formula is C17H20N2O4S. The molecular weight excluding hydrogens is 328 g/mol. The topological polar surface area (TPSA) is 84.9 Å². The largest absolute Gasteiger partial charge is 0.479 e. The number of carbonyl (C=O) groups is 1. The molecule has 2 rings (SSSR count). The number of rotatable bonds is 6. The lowest BCUT2D eigenvalue weighted by Gasteiger charge is -2.23. The first-order valence-electron chi connectivity index (χ1n) is 7.37. The summed E-state index contributed by atoms with van der Waals surface area (Å²) in [6, 6.07) is 8.78. The molecule has 0 bridgehead atoms. The number of aliphatic imine (C=N–C) groups is 1. The van der Waals surface area contributed by atoms with E-state index in [0.29, 0.717) is 12.3 Å². The monoisotopic (exact) mass is 348 g/mol. The second-order valence-electron chi connectivity index (χ2n) is 5.82. The molecule has 1 heterocycles. The van der Waals surface area contributed by atoms with E-state index in [-0.39, 0.29) is 11.6 Å². The number of ether oxygens (including phenoxy) is 1. The molecule has 0 amide bonds. The molecule has 2 aromatic rings. The van der Waals surface area contributed by atoms with Crippen LogP contribution < -0.4 is 0 Å². The summed E-state index contributed by atoms with van der Waals surface area (Å²) in [6.07, 6.45) is 1.74. The van der Waals surface area contributed by atoms with Crippen molar-refractivity contribution in [3.8, 4) is 5.95 Å². The lowest BCUT2D eigenvalue weighted by atomic mass is 10.0. The third-order valence-corrected chi connectivity index (χ3v) is 3.56. The van der Waals surface area contributed by atoms with E-state index in [9.17, 15) is 9.90 Å². The summed E-state index contributed by atoms with van der Waals surface area (Å²) in [5.74, 6) is -0.496. The molecule has 1 N–H and O–H groups in total. The third kappa shape index (κ3) is 4.61. The van der Waals surface area contributed by atoms with Crippen molar-refractivity contribution in [2.45, 2.75) is 31.1 Å².